The molecule has 3 nitrogen and oxygen atoms in total. The van der Waals surface area contributed by atoms with Crippen LogP contribution < -0.4 is 5.32 Å². The minimum atomic E-state index is 0.847. The van der Waals surface area contributed by atoms with Gasteiger partial charge in [-0.15, -0.1) is 11.3 Å². The maximum absolute atomic E-state index is 4.80. The third kappa shape index (κ3) is 1.96. The lowest BCUT2D eigenvalue weighted by molar-refractivity contribution is 0.653. The van der Waals surface area contributed by atoms with E-state index in [-0.39, 0.29) is 0 Å². The van der Waals surface area contributed by atoms with Gasteiger partial charge < -0.3 is 9.88 Å². The zero-order valence-electron chi connectivity index (χ0n) is 9.66. The number of halogens is 1. The molecule has 17 heavy (non-hydrogen) atoms. The van der Waals surface area contributed by atoms with E-state index in [1.54, 1.807) is 11.3 Å². The van der Waals surface area contributed by atoms with Gasteiger partial charge in [-0.25, -0.2) is 4.98 Å². The molecule has 0 bridgehead atoms. The highest BCUT2D eigenvalue weighted by Gasteiger charge is 2.22. The van der Waals surface area contributed by atoms with Gasteiger partial charge in [0.1, 0.15) is 11.5 Å². The van der Waals surface area contributed by atoms with Gasteiger partial charge in [0, 0.05) is 22.1 Å². The average Bonchev–Trinajstić information content (AvgIpc) is 2.96. The van der Waals surface area contributed by atoms with Gasteiger partial charge in [0.15, 0.2) is 0 Å². The van der Waals surface area contributed by atoms with Crippen molar-refractivity contribution in [1.29, 1.82) is 0 Å². The Morgan fingerprint density at radius 3 is 3.18 bits per heavy atom. The summed E-state index contributed by atoms with van der Waals surface area (Å²) in [6.45, 7) is 1.96. The lowest BCUT2D eigenvalue weighted by atomic mass is 10.2. The predicted octanol–water partition coefficient (Wildman–Crippen LogP) is 3.04. The summed E-state index contributed by atoms with van der Waals surface area (Å²) in [6.07, 6.45) is 2.40. The van der Waals surface area contributed by atoms with E-state index in [1.165, 1.54) is 28.5 Å². The van der Waals surface area contributed by atoms with Crippen LogP contribution in [-0.2, 0) is 19.5 Å². The number of fused-ring (bicyclic) bond motifs is 1. The molecule has 0 saturated heterocycles. The highest BCUT2D eigenvalue weighted by atomic mass is 79.9. The number of nitrogens with zero attached hydrogens (tertiary/aromatic N) is 2. The van der Waals surface area contributed by atoms with Gasteiger partial charge in [-0.1, -0.05) is 0 Å². The molecule has 90 valence electrons. The predicted molar refractivity (Wildman–Crippen MR) is 74.3 cm³/mol. The molecule has 2 aromatic heterocycles. The lowest BCUT2D eigenvalue weighted by Gasteiger charge is -2.01. The van der Waals surface area contributed by atoms with E-state index in [2.05, 4.69) is 37.3 Å². The normalized spacial score (nSPS) is 14.2. The van der Waals surface area contributed by atoms with Crippen LogP contribution in [0.25, 0.3) is 10.6 Å². The van der Waals surface area contributed by atoms with E-state index in [0.717, 1.165) is 24.0 Å². The van der Waals surface area contributed by atoms with Gasteiger partial charge in [-0.2, -0.15) is 0 Å². The molecule has 3 rings (SSSR count). The molecule has 3 heterocycles. The number of nitrogens with one attached hydrogen (secondary N) is 1. The Bertz CT molecular complexity index is 544. The molecule has 1 aliphatic rings. The van der Waals surface area contributed by atoms with Crippen molar-refractivity contribution in [1.82, 2.24) is 14.9 Å². The second-order valence-electron chi connectivity index (χ2n) is 4.24. The fraction of sp³-hybridized carbons (Fsp3) is 0.417. The van der Waals surface area contributed by atoms with Gasteiger partial charge in [0.25, 0.3) is 0 Å². The number of rotatable bonds is 3. The van der Waals surface area contributed by atoms with Crippen molar-refractivity contribution in [2.24, 2.45) is 0 Å². The van der Waals surface area contributed by atoms with E-state index in [9.17, 15) is 0 Å². The molecule has 0 spiro atoms. The minimum absolute atomic E-state index is 0.847. The topological polar surface area (TPSA) is 29.9 Å². The minimum Gasteiger partial charge on any atom is -0.330 e. The third-order valence-electron chi connectivity index (χ3n) is 3.08. The number of hydrogen-bond acceptors (Lipinski definition) is 3. The fourth-order valence-corrected chi connectivity index (χ4v) is 3.83. The maximum Gasteiger partial charge on any atom is 0.123 e. The van der Waals surface area contributed by atoms with Crippen molar-refractivity contribution in [2.75, 3.05) is 7.05 Å². The summed E-state index contributed by atoms with van der Waals surface area (Å²) in [6, 6.07) is 2.16. The van der Waals surface area contributed by atoms with Crippen molar-refractivity contribution in [2.45, 2.75) is 25.9 Å². The zero-order chi connectivity index (χ0) is 11.8. The van der Waals surface area contributed by atoms with Crippen molar-refractivity contribution < 1.29 is 0 Å². The average molecular weight is 312 g/mol. The Labute approximate surface area is 113 Å². The van der Waals surface area contributed by atoms with Crippen LogP contribution >= 0.6 is 27.3 Å². The van der Waals surface area contributed by atoms with E-state index < -0.39 is 0 Å². The molecule has 0 atom stereocenters. The quantitative estimate of drug-likeness (QED) is 0.944. The Morgan fingerprint density at radius 1 is 1.59 bits per heavy atom. The SMILES string of the molecule is CNCc1nc(-c2cc(Br)cs2)c2n1CCC2. The molecule has 0 amide bonds. The number of imidazole rings is 1. The Kier molecular flexibility index (Phi) is 3.06. The zero-order valence-corrected chi connectivity index (χ0v) is 12.1. The molecule has 0 unspecified atom stereocenters. The molecule has 0 aromatic carbocycles. The number of thiophene rings is 1. The summed E-state index contributed by atoms with van der Waals surface area (Å²) < 4.78 is 3.52. The number of aromatic nitrogens is 2. The molecule has 1 N–H and O–H groups in total. The summed E-state index contributed by atoms with van der Waals surface area (Å²) >= 11 is 5.27. The van der Waals surface area contributed by atoms with Gasteiger partial charge in [0.2, 0.25) is 0 Å². The van der Waals surface area contributed by atoms with Crippen LogP contribution in [0, 0.1) is 0 Å². The molecule has 0 radical (unpaired) electrons. The van der Waals surface area contributed by atoms with Crippen molar-refractivity contribution in [3.8, 4) is 10.6 Å². The summed E-state index contributed by atoms with van der Waals surface area (Å²) in [5, 5.41) is 5.31. The lowest BCUT2D eigenvalue weighted by Crippen LogP contribution is -2.11. The Hall–Kier alpha value is -0.650. The van der Waals surface area contributed by atoms with Crippen LogP contribution in [0.1, 0.15) is 17.9 Å². The molecular weight excluding hydrogens is 298 g/mol. The number of hydrogen-bond donors (Lipinski definition) is 1. The van der Waals surface area contributed by atoms with Crippen molar-refractivity contribution >= 4 is 27.3 Å². The monoisotopic (exact) mass is 311 g/mol. The van der Waals surface area contributed by atoms with Gasteiger partial charge in [0.05, 0.1) is 11.4 Å². The Morgan fingerprint density at radius 2 is 2.47 bits per heavy atom. The van der Waals surface area contributed by atoms with E-state index in [0.29, 0.717) is 0 Å². The summed E-state index contributed by atoms with van der Waals surface area (Å²) in [7, 11) is 1.97. The maximum atomic E-state index is 4.80. The fourth-order valence-electron chi connectivity index (χ4n) is 2.39. The van der Waals surface area contributed by atoms with Gasteiger partial charge in [-0.05, 0) is 41.9 Å². The molecular formula is C12H14BrN3S. The van der Waals surface area contributed by atoms with E-state index >= 15 is 0 Å². The molecule has 0 aliphatic carbocycles. The highest BCUT2D eigenvalue weighted by Crippen LogP contribution is 2.34. The van der Waals surface area contributed by atoms with Crippen molar-refractivity contribution in [3.05, 3.63) is 27.4 Å². The first-order valence-electron chi connectivity index (χ1n) is 5.77. The smallest absolute Gasteiger partial charge is 0.123 e. The standard InChI is InChI=1S/C12H14BrN3S/c1-14-6-11-15-12(9-3-2-4-16(9)11)10-5-8(13)7-17-10/h5,7,14H,2-4,6H2,1H3. The molecule has 2 aromatic rings. The largest absolute Gasteiger partial charge is 0.330 e. The Balaban J connectivity index is 2.08. The third-order valence-corrected chi connectivity index (χ3v) is 4.78. The summed E-state index contributed by atoms with van der Waals surface area (Å²) in [5.74, 6) is 1.17. The molecule has 1 aliphatic heterocycles. The van der Waals surface area contributed by atoms with Crippen LogP contribution in [0.5, 0.6) is 0 Å². The molecule has 0 fully saturated rings. The van der Waals surface area contributed by atoms with Gasteiger partial charge >= 0.3 is 0 Å². The first kappa shape index (κ1) is 11.4. The van der Waals surface area contributed by atoms with E-state index in [4.69, 9.17) is 4.98 Å². The van der Waals surface area contributed by atoms with E-state index in [1.807, 2.05) is 7.05 Å². The molecule has 5 heteroatoms. The van der Waals surface area contributed by atoms with Crippen LogP contribution in [0.15, 0.2) is 15.9 Å². The first-order valence-corrected chi connectivity index (χ1v) is 7.44. The first-order chi connectivity index (χ1) is 8.29. The van der Waals surface area contributed by atoms with Crippen LogP contribution in [0.2, 0.25) is 0 Å². The van der Waals surface area contributed by atoms with Gasteiger partial charge in [-0.3, -0.25) is 0 Å². The summed E-state index contributed by atoms with van der Waals surface area (Å²) in [5.41, 5.74) is 2.59. The van der Waals surface area contributed by atoms with Crippen LogP contribution in [-0.4, -0.2) is 16.6 Å². The van der Waals surface area contributed by atoms with Crippen molar-refractivity contribution in [3.63, 3.8) is 0 Å². The van der Waals surface area contributed by atoms with Crippen LogP contribution in [0.4, 0.5) is 0 Å². The summed E-state index contributed by atoms with van der Waals surface area (Å²) in [4.78, 5) is 6.06. The molecule has 0 saturated carbocycles. The second-order valence-corrected chi connectivity index (χ2v) is 6.06. The van der Waals surface area contributed by atoms with Crippen LogP contribution in [0.3, 0.4) is 0 Å². The second kappa shape index (κ2) is 4.55. The highest BCUT2D eigenvalue weighted by molar-refractivity contribution is 9.10.